The third-order valence-electron chi connectivity index (χ3n) is 3.81. The van der Waals surface area contributed by atoms with Gasteiger partial charge in [0, 0.05) is 17.1 Å². The van der Waals surface area contributed by atoms with Crippen molar-refractivity contribution in [3.05, 3.63) is 63.7 Å². The average Bonchev–Trinajstić information content (AvgIpc) is 2.47. The third-order valence-corrected chi connectivity index (χ3v) is 4.04. The van der Waals surface area contributed by atoms with Crippen LogP contribution in [0.25, 0.3) is 0 Å². The van der Waals surface area contributed by atoms with E-state index in [1.54, 1.807) is 12.1 Å². The summed E-state index contributed by atoms with van der Waals surface area (Å²) >= 11 is 5.98. The van der Waals surface area contributed by atoms with E-state index in [0.29, 0.717) is 17.9 Å². The molecule has 0 spiro atoms. The third kappa shape index (κ3) is 2.80. The maximum atomic E-state index is 11.5. The number of aryl methyl sites for hydroxylation is 2. The van der Waals surface area contributed by atoms with Gasteiger partial charge in [0.15, 0.2) is 0 Å². The van der Waals surface area contributed by atoms with Crippen LogP contribution in [0, 0.1) is 6.92 Å². The van der Waals surface area contributed by atoms with E-state index in [2.05, 4.69) is 5.32 Å². The molecule has 3 nitrogen and oxygen atoms in total. The van der Waals surface area contributed by atoms with Crippen molar-refractivity contribution < 1.29 is 9.90 Å². The molecule has 1 aliphatic heterocycles. The number of fused-ring (bicyclic) bond motifs is 1. The second-order valence-electron chi connectivity index (χ2n) is 5.38. The number of hydrogen-bond donors (Lipinski definition) is 2. The Bertz CT molecular complexity index is 712. The minimum absolute atomic E-state index is 0.0498. The van der Waals surface area contributed by atoms with Crippen LogP contribution in [0.15, 0.2) is 36.4 Å². The summed E-state index contributed by atoms with van der Waals surface area (Å²) in [6.07, 6.45) is 0.478. The lowest BCUT2D eigenvalue weighted by molar-refractivity contribution is -0.116. The largest absolute Gasteiger partial charge is 0.384 e. The Morgan fingerprint density at radius 1 is 1.19 bits per heavy atom. The van der Waals surface area contributed by atoms with Gasteiger partial charge in [-0.1, -0.05) is 35.9 Å². The molecule has 2 aromatic rings. The first-order valence-electron chi connectivity index (χ1n) is 6.91. The molecular formula is C17H16ClNO2. The molecule has 2 N–H and O–H groups in total. The zero-order valence-corrected chi connectivity index (χ0v) is 12.4. The van der Waals surface area contributed by atoms with E-state index >= 15 is 0 Å². The highest BCUT2D eigenvalue weighted by Crippen LogP contribution is 2.32. The first-order valence-corrected chi connectivity index (χ1v) is 7.29. The number of anilines is 1. The lowest BCUT2D eigenvalue weighted by atomic mass is 9.92. The topological polar surface area (TPSA) is 49.3 Å². The fourth-order valence-electron chi connectivity index (χ4n) is 2.74. The Hall–Kier alpha value is -1.84. The summed E-state index contributed by atoms with van der Waals surface area (Å²) in [7, 11) is 0. The summed E-state index contributed by atoms with van der Waals surface area (Å²) in [5.41, 5.74) is 4.52. The Labute approximate surface area is 128 Å². The number of aliphatic hydroxyl groups is 1. The number of nitrogens with one attached hydrogen (secondary N) is 1. The van der Waals surface area contributed by atoms with Crippen LogP contribution in [-0.2, 0) is 11.2 Å². The zero-order valence-electron chi connectivity index (χ0n) is 11.7. The number of halogens is 1. The van der Waals surface area contributed by atoms with Gasteiger partial charge >= 0.3 is 0 Å². The normalized spacial score (nSPS) is 15.3. The van der Waals surface area contributed by atoms with E-state index in [0.717, 1.165) is 27.9 Å². The Balaban J connectivity index is 2.00. The molecule has 21 heavy (non-hydrogen) atoms. The van der Waals surface area contributed by atoms with Crippen molar-refractivity contribution in [3.63, 3.8) is 0 Å². The van der Waals surface area contributed by atoms with Gasteiger partial charge in [0.05, 0.1) is 0 Å². The van der Waals surface area contributed by atoms with Gasteiger partial charge in [0.1, 0.15) is 6.10 Å². The minimum Gasteiger partial charge on any atom is -0.384 e. The molecule has 3 rings (SSSR count). The number of carbonyl (C=O) groups is 1. The molecule has 2 aromatic carbocycles. The maximum absolute atomic E-state index is 11.5. The van der Waals surface area contributed by atoms with Gasteiger partial charge in [-0.3, -0.25) is 4.79 Å². The molecule has 1 atom stereocenters. The molecule has 1 unspecified atom stereocenters. The van der Waals surface area contributed by atoms with Crippen LogP contribution in [0.2, 0.25) is 5.02 Å². The van der Waals surface area contributed by atoms with Gasteiger partial charge in [0.25, 0.3) is 0 Å². The van der Waals surface area contributed by atoms with Crippen molar-refractivity contribution in [1.82, 2.24) is 0 Å². The van der Waals surface area contributed by atoms with Crippen molar-refractivity contribution in [2.24, 2.45) is 0 Å². The number of hydrogen-bond acceptors (Lipinski definition) is 2. The number of aliphatic hydroxyl groups excluding tert-OH is 1. The quantitative estimate of drug-likeness (QED) is 0.890. The lowest BCUT2D eigenvalue weighted by Gasteiger charge is -2.22. The van der Waals surface area contributed by atoms with E-state index in [1.807, 2.05) is 31.2 Å². The number of carbonyl (C=O) groups excluding carboxylic acids is 1. The van der Waals surface area contributed by atoms with Gasteiger partial charge in [-0.25, -0.2) is 0 Å². The summed E-state index contributed by atoms with van der Waals surface area (Å²) in [5.74, 6) is 0.0498. The standard InChI is InChI=1S/C17H16ClNO2/c1-10-7-13(8-11-5-6-15(20)19-16(10)11)17(21)12-3-2-4-14(18)9-12/h2-4,7-9,17,21H,5-6H2,1H3,(H,19,20). The fraction of sp³-hybridized carbons (Fsp3) is 0.235. The van der Waals surface area contributed by atoms with Crippen LogP contribution in [0.1, 0.15) is 34.8 Å². The van der Waals surface area contributed by atoms with E-state index in [1.165, 1.54) is 0 Å². The SMILES string of the molecule is Cc1cc(C(O)c2cccc(Cl)c2)cc2c1NC(=O)CC2. The predicted octanol–water partition coefficient (Wildman–Crippen LogP) is 3.61. The molecule has 108 valence electrons. The fourth-order valence-corrected chi connectivity index (χ4v) is 2.94. The van der Waals surface area contributed by atoms with Gasteiger partial charge in [-0.2, -0.15) is 0 Å². The average molecular weight is 302 g/mol. The Morgan fingerprint density at radius 2 is 2.00 bits per heavy atom. The number of amides is 1. The lowest BCUT2D eigenvalue weighted by Crippen LogP contribution is -2.20. The molecule has 0 saturated heterocycles. The van der Waals surface area contributed by atoms with Crippen molar-refractivity contribution in [3.8, 4) is 0 Å². The predicted molar refractivity (Wildman–Crippen MR) is 83.6 cm³/mol. The van der Waals surface area contributed by atoms with E-state index < -0.39 is 6.10 Å². The molecule has 0 radical (unpaired) electrons. The van der Waals surface area contributed by atoms with Crippen molar-refractivity contribution in [2.75, 3.05) is 5.32 Å². The van der Waals surface area contributed by atoms with Crippen LogP contribution in [0.5, 0.6) is 0 Å². The Kier molecular flexibility index (Phi) is 3.70. The molecule has 0 aromatic heterocycles. The van der Waals surface area contributed by atoms with Crippen molar-refractivity contribution in [1.29, 1.82) is 0 Å². The molecule has 0 fully saturated rings. The molecule has 0 aliphatic carbocycles. The summed E-state index contributed by atoms with van der Waals surface area (Å²) in [6.45, 7) is 1.94. The van der Waals surface area contributed by atoms with Crippen molar-refractivity contribution in [2.45, 2.75) is 25.9 Å². The summed E-state index contributed by atoms with van der Waals surface area (Å²) < 4.78 is 0. The smallest absolute Gasteiger partial charge is 0.224 e. The van der Waals surface area contributed by atoms with E-state index in [4.69, 9.17) is 11.6 Å². The van der Waals surface area contributed by atoms with Crippen LogP contribution in [-0.4, -0.2) is 11.0 Å². The van der Waals surface area contributed by atoms with Gasteiger partial charge in [-0.05, 0) is 47.7 Å². The zero-order chi connectivity index (χ0) is 15.0. The Morgan fingerprint density at radius 3 is 2.76 bits per heavy atom. The first-order chi connectivity index (χ1) is 10.0. The molecule has 1 amide bonds. The molecule has 0 saturated carbocycles. The van der Waals surface area contributed by atoms with Crippen LogP contribution >= 0.6 is 11.6 Å². The maximum Gasteiger partial charge on any atom is 0.224 e. The second kappa shape index (κ2) is 5.51. The highest BCUT2D eigenvalue weighted by atomic mass is 35.5. The minimum atomic E-state index is -0.717. The highest BCUT2D eigenvalue weighted by Gasteiger charge is 2.20. The highest BCUT2D eigenvalue weighted by molar-refractivity contribution is 6.30. The summed E-state index contributed by atoms with van der Waals surface area (Å²) in [4.78, 5) is 11.5. The van der Waals surface area contributed by atoms with Crippen LogP contribution in [0.4, 0.5) is 5.69 Å². The van der Waals surface area contributed by atoms with Crippen LogP contribution in [0.3, 0.4) is 0 Å². The molecule has 1 aliphatic rings. The number of benzene rings is 2. The van der Waals surface area contributed by atoms with Crippen LogP contribution < -0.4 is 5.32 Å². The van der Waals surface area contributed by atoms with Gasteiger partial charge < -0.3 is 10.4 Å². The van der Waals surface area contributed by atoms with E-state index in [-0.39, 0.29) is 5.91 Å². The second-order valence-corrected chi connectivity index (χ2v) is 5.81. The van der Waals surface area contributed by atoms with Gasteiger partial charge in [0.2, 0.25) is 5.91 Å². The van der Waals surface area contributed by atoms with Gasteiger partial charge in [-0.15, -0.1) is 0 Å². The molecule has 0 bridgehead atoms. The van der Waals surface area contributed by atoms with E-state index in [9.17, 15) is 9.90 Å². The number of rotatable bonds is 2. The first kappa shape index (κ1) is 14.1. The molecular weight excluding hydrogens is 286 g/mol. The summed E-state index contributed by atoms with van der Waals surface area (Å²) in [6, 6.07) is 11.1. The van der Waals surface area contributed by atoms with Crippen molar-refractivity contribution >= 4 is 23.2 Å². The monoisotopic (exact) mass is 301 g/mol. The molecule has 4 heteroatoms. The molecule has 1 heterocycles. The summed E-state index contributed by atoms with van der Waals surface area (Å²) in [5, 5.41) is 14.1.